The Balaban J connectivity index is 3.25. The van der Waals surface area contributed by atoms with E-state index in [1.165, 1.54) is 13.0 Å². The largest absolute Gasteiger partial charge is 0.465 e. The van der Waals surface area contributed by atoms with Crippen LogP contribution in [-0.2, 0) is 23.8 Å². The second-order valence-corrected chi connectivity index (χ2v) is 5.90. The number of ether oxygens (including phenoxy) is 3. The number of methoxy groups -OCH3 is 1. The molecule has 0 aliphatic carbocycles. The molecule has 0 spiro atoms. The zero-order valence-electron chi connectivity index (χ0n) is 15.0. The molecule has 27 heavy (non-hydrogen) atoms. The Morgan fingerprint density at radius 2 is 2.22 bits per heavy atom. The molecule has 0 aromatic heterocycles. The molecule has 4 N–H and O–H groups in total. The van der Waals surface area contributed by atoms with E-state index in [9.17, 15) is 24.9 Å². The van der Waals surface area contributed by atoms with Gasteiger partial charge in [0.15, 0.2) is 0 Å². The van der Waals surface area contributed by atoms with Crippen LogP contribution in [0.1, 0.15) is 13.3 Å². The summed E-state index contributed by atoms with van der Waals surface area (Å²) in [7, 11) is 1.08. The molecule has 1 rings (SSSR count). The maximum atomic E-state index is 12.3. The molecule has 0 aromatic rings. The van der Waals surface area contributed by atoms with Crippen molar-refractivity contribution in [3.8, 4) is 0 Å². The topological polar surface area (TPSA) is 183 Å². The Morgan fingerprint density at radius 3 is 2.74 bits per heavy atom. The van der Waals surface area contributed by atoms with Crippen molar-refractivity contribution in [3.05, 3.63) is 23.1 Å². The summed E-state index contributed by atoms with van der Waals surface area (Å²) in [6, 6.07) is -1.18. The lowest BCUT2D eigenvalue weighted by atomic mass is 9.88. The molecule has 1 aliphatic heterocycles. The number of aliphatic hydroxyl groups is 3. The summed E-state index contributed by atoms with van der Waals surface area (Å²) in [5, 5.41) is 36.5. The normalized spacial score (nSPS) is 29.7. The van der Waals surface area contributed by atoms with Crippen LogP contribution in [0.3, 0.4) is 0 Å². The molecule has 1 saturated heterocycles. The molecule has 0 bridgehead atoms. The summed E-state index contributed by atoms with van der Waals surface area (Å²) >= 11 is 0. The number of nitrogens with zero attached hydrogens (tertiary/aromatic N) is 3. The van der Waals surface area contributed by atoms with Gasteiger partial charge in [0.25, 0.3) is 5.79 Å². The highest BCUT2D eigenvalue weighted by Crippen LogP contribution is 2.34. The molecule has 0 saturated carbocycles. The molecular formula is C15H24N4O8. The van der Waals surface area contributed by atoms with E-state index in [1.807, 2.05) is 0 Å². The summed E-state index contributed by atoms with van der Waals surface area (Å²) in [6.07, 6.45) is -5.28. The maximum Gasteiger partial charge on any atom is 0.366 e. The van der Waals surface area contributed by atoms with Gasteiger partial charge in [-0.05, 0) is 5.53 Å². The zero-order valence-corrected chi connectivity index (χ0v) is 15.0. The highest BCUT2D eigenvalue weighted by molar-refractivity contribution is 5.78. The standard InChI is InChI=1S/C15H24N4O8/c1-4-5-26-15(14(24)25-3)6-9(21)11(18-8(2)20)13(27-15)12(23)10(22)7-17-19-16/h4,9-13,21-23H,1,5-7H2,2-3H3,(H,18,20). The molecule has 12 heteroatoms. The monoisotopic (exact) mass is 388 g/mol. The van der Waals surface area contributed by atoms with Crippen LogP contribution < -0.4 is 5.32 Å². The Bertz CT molecular complexity index is 596. The molecule has 6 atom stereocenters. The lowest BCUT2D eigenvalue weighted by Crippen LogP contribution is -2.68. The van der Waals surface area contributed by atoms with Crippen LogP contribution in [0.4, 0.5) is 0 Å². The minimum Gasteiger partial charge on any atom is -0.465 e. The summed E-state index contributed by atoms with van der Waals surface area (Å²) in [4.78, 5) is 26.2. The third kappa shape index (κ3) is 5.63. The van der Waals surface area contributed by atoms with Crippen molar-refractivity contribution in [2.45, 2.75) is 49.6 Å². The summed E-state index contributed by atoms with van der Waals surface area (Å²) in [5.74, 6) is -3.62. The molecule has 6 unspecified atom stereocenters. The Labute approximate surface area is 155 Å². The zero-order chi connectivity index (χ0) is 20.6. The van der Waals surface area contributed by atoms with E-state index in [0.29, 0.717) is 0 Å². The fraction of sp³-hybridized carbons (Fsp3) is 0.733. The number of hydrogen-bond donors (Lipinski definition) is 4. The van der Waals surface area contributed by atoms with Gasteiger partial charge in [0.05, 0.1) is 38.5 Å². The third-order valence-corrected chi connectivity index (χ3v) is 3.94. The van der Waals surface area contributed by atoms with E-state index in [2.05, 4.69) is 26.7 Å². The average molecular weight is 388 g/mol. The lowest BCUT2D eigenvalue weighted by Gasteiger charge is -2.46. The fourth-order valence-corrected chi connectivity index (χ4v) is 2.74. The second-order valence-electron chi connectivity index (χ2n) is 5.90. The minimum atomic E-state index is -2.10. The number of nitrogens with one attached hydrogen (secondary N) is 1. The first-order chi connectivity index (χ1) is 12.7. The van der Waals surface area contributed by atoms with E-state index in [0.717, 1.165) is 7.11 Å². The van der Waals surface area contributed by atoms with Crippen LogP contribution in [0.2, 0.25) is 0 Å². The molecule has 152 valence electrons. The number of amides is 1. The van der Waals surface area contributed by atoms with Crippen LogP contribution >= 0.6 is 0 Å². The van der Waals surface area contributed by atoms with Gasteiger partial charge in [0.2, 0.25) is 5.91 Å². The molecule has 0 radical (unpaired) electrons. The number of hydrogen-bond acceptors (Lipinski definition) is 9. The van der Waals surface area contributed by atoms with Gasteiger partial charge in [-0.1, -0.05) is 11.2 Å². The number of rotatable bonds is 9. The predicted octanol–water partition coefficient (Wildman–Crippen LogP) is -1.26. The summed E-state index contributed by atoms with van der Waals surface area (Å²) in [5.41, 5.74) is 8.35. The van der Waals surface area contributed by atoms with Crippen molar-refractivity contribution >= 4 is 11.9 Å². The van der Waals surface area contributed by atoms with Gasteiger partial charge < -0.3 is 34.8 Å². The molecule has 1 fully saturated rings. The molecule has 1 amide bonds. The van der Waals surface area contributed by atoms with E-state index < -0.39 is 61.1 Å². The van der Waals surface area contributed by atoms with Gasteiger partial charge in [-0.2, -0.15) is 0 Å². The van der Waals surface area contributed by atoms with Crippen LogP contribution in [0.15, 0.2) is 17.8 Å². The SMILES string of the molecule is C=CCOC1(C(=O)OC)CC(O)C(NC(C)=O)C(C(O)C(O)CN=[N+]=[N-])O1. The Morgan fingerprint density at radius 1 is 1.56 bits per heavy atom. The third-order valence-electron chi connectivity index (χ3n) is 3.94. The maximum absolute atomic E-state index is 12.3. The highest BCUT2D eigenvalue weighted by atomic mass is 16.7. The van der Waals surface area contributed by atoms with Gasteiger partial charge >= 0.3 is 5.97 Å². The number of carbonyl (C=O) groups excluding carboxylic acids is 2. The first kappa shape index (κ1) is 22.8. The molecule has 12 nitrogen and oxygen atoms in total. The van der Waals surface area contributed by atoms with Crippen LogP contribution in [-0.4, -0.2) is 83.7 Å². The highest BCUT2D eigenvalue weighted by Gasteiger charge is 2.56. The van der Waals surface area contributed by atoms with Crippen molar-refractivity contribution in [2.75, 3.05) is 20.3 Å². The van der Waals surface area contributed by atoms with Crippen LogP contribution in [0.25, 0.3) is 10.4 Å². The Kier molecular flexibility index (Phi) is 8.63. The smallest absolute Gasteiger partial charge is 0.366 e. The first-order valence-corrected chi connectivity index (χ1v) is 8.05. The van der Waals surface area contributed by atoms with E-state index in [4.69, 9.17) is 15.0 Å². The quantitative estimate of drug-likeness (QED) is 0.124. The second kappa shape index (κ2) is 10.2. The van der Waals surface area contributed by atoms with Crippen molar-refractivity contribution in [1.29, 1.82) is 0 Å². The van der Waals surface area contributed by atoms with Gasteiger partial charge in [-0.25, -0.2) is 4.79 Å². The molecular weight excluding hydrogens is 364 g/mol. The van der Waals surface area contributed by atoms with Gasteiger partial charge in [0.1, 0.15) is 12.2 Å². The van der Waals surface area contributed by atoms with Crippen LogP contribution in [0.5, 0.6) is 0 Å². The van der Waals surface area contributed by atoms with Crippen molar-refractivity contribution < 1.29 is 39.1 Å². The minimum absolute atomic E-state index is 0.142. The van der Waals surface area contributed by atoms with E-state index >= 15 is 0 Å². The first-order valence-electron chi connectivity index (χ1n) is 8.05. The van der Waals surface area contributed by atoms with Gasteiger partial charge in [0, 0.05) is 18.3 Å². The number of azide groups is 1. The summed E-state index contributed by atoms with van der Waals surface area (Å²) < 4.78 is 15.7. The number of aliphatic hydroxyl groups excluding tert-OH is 3. The van der Waals surface area contributed by atoms with Gasteiger partial charge in [-0.3, -0.25) is 4.79 Å². The van der Waals surface area contributed by atoms with Crippen LogP contribution in [0, 0.1) is 0 Å². The van der Waals surface area contributed by atoms with Crippen molar-refractivity contribution in [1.82, 2.24) is 5.32 Å². The average Bonchev–Trinajstić information content (AvgIpc) is 2.64. The number of carbonyl (C=O) groups is 2. The molecule has 0 aromatic carbocycles. The predicted molar refractivity (Wildman–Crippen MR) is 90.0 cm³/mol. The molecule has 1 aliphatic rings. The Hall–Kier alpha value is -2.21. The van der Waals surface area contributed by atoms with E-state index in [1.54, 1.807) is 0 Å². The lowest BCUT2D eigenvalue weighted by molar-refractivity contribution is -0.308. The van der Waals surface area contributed by atoms with Gasteiger partial charge in [-0.15, -0.1) is 6.58 Å². The van der Waals surface area contributed by atoms with Crippen molar-refractivity contribution in [3.63, 3.8) is 0 Å². The summed E-state index contributed by atoms with van der Waals surface area (Å²) in [6.45, 7) is 4.00. The van der Waals surface area contributed by atoms with Crippen molar-refractivity contribution in [2.24, 2.45) is 5.11 Å². The van der Waals surface area contributed by atoms with E-state index in [-0.39, 0.29) is 6.61 Å². The fourth-order valence-electron chi connectivity index (χ4n) is 2.74. The molecule has 1 heterocycles. The number of esters is 1.